The zero-order chi connectivity index (χ0) is 13.7. The molecule has 0 spiro atoms. The molecule has 1 aliphatic heterocycles. The number of hydrogen-bond donors (Lipinski definition) is 1. The molecule has 1 N–H and O–H groups in total. The van der Waals surface area contributed by atoms with Crippen LogP contribution >= 0.6 is 11.6 Å². The molecule has 0 bridgehead atoms. The van der Waals surface area contributed by atoms with Crippen molar-refractivity contribution in [1.82, 2.24) is 4.90 Å². The summed E-state index contributed by atoms with van der Waals surface area (Å²) in [6.07, 6.45) is 3.73. The molecular formula is C15H20ClN3. The number of piperidine rings is 1. The number of benzene rings is 1. The van der Waals surface area contributed by atoms with E-state index in [4.69, 9.17) is 16.9 Å². The maximum atomic E-state index is 9.07. The van der Waals surface area contributed by atoms with Gasteiger partial charge in [-0.05, 0) is 63.5 Å². The molecule has 0 aromatic heterocycles. The van der Waals surface area contributed by atoms with Crippen molar-refractivity contribution in [3.05, 3.63) is 28.8 Å². The van der Waals surface area contributed by atoms with Crippen LogP contribution in [0.3, 0.4) is 0 Å². The Labute approximate surface area is 120 Å². The zero-order valence-electron chi connectivity index (χ0n) is 11.3. The minimum atomic E-state index is 0.609. The lowest BCUT2D eigenvalue weighted by Gasteiger charge is -2.29. The monoisotopic (exact) mass is 277 g/mol. The second kappa shape index (κ2) is 6.79. The minimum absolute atomic E-state index is 0.609. The van der Waals surface area contributed by atoms with E-state index in [9.17, 15) is 0 Å². The van der Waals surface area contributed by atoms with E-state index < -0.39 is 0 Å². The van der Waals surface area contributed by atoms with Crippen molar-refractivity contribution in [3.8, 4) is 6.07 Å². The smallest absolute Gasteiger partial charge is 0.101 e. The Hall–Kier alpha value is -1.24. The van der Waals surface area contributed by atoms with Crippen LogP contribution in [0.5, 0.6) is 0 Å². The molecule has 0 atom stereocenters. The number of nitriles is 1. The van der Waals surface area contributed by atoms with Crippen LogP contribution in [0.4, 0.5) is 5.69 Å². The highest BCUT2D eigenvalue weighted by Crippen LogP contribution is 2.22. The minimum Gasteiger partial charge on any atom is -0.384 e. The molecule has 0 saturated carbocycles. The fraction of sp³-hybridized carbons (Fsp3) is 0.533. The van der Waals surface area contributed by atoms with Crippen LogP contribution in [0.1, 0.15) is 24.8 Å². The first-order valence-corrected chi connectivity index (χ1v) is 7.19. The highest BCUT2D eigenvalue weighted by molar-refractivity contribution is 6.30. The molecule has 0 amide bonds. The van der Waals surface area contributed by atoms with Gasteiger partial charge in [-0.1, -0.05) is 11.6 Å². The topological polar surface area (TPSA) is 39.1 Å². The molecule has 1 aromatic rings. The average molecular weight is 278 g/mol. The van der Waals surface area contributed by atoms with Gasteiger partial charge in [0.15, 0.2) is 0 Å². The second-order valence-corrected chi connectivity index (χ2v) is 5.70. The molecule has 19 heavy (non-hydrogen) atoms. The molecule has 0 aliphatic carbocycles. The number of rotatable bonds is 4. The summed E-state index contributed by atoms with van der Waals surface area (Å²) in [6, 6.07) is 7.59. The van der Waals surface area contributed by atoms with Gasteiger partial charge in [-0.15, -0.1) is 0 Å². The molecular weight excluding hydrogens is 258 g/mol. The summed E-state index contributed by atoms with van der Waals surface area (Å²) in [5, 5.41) is 13.0. The lowest BCUT2D eigenvalue weighted by atomic mass is 9.94. The van der Waals surface area contributed by atoms with Crippen molar-refractivity contribution in [2.24, 2.45) is 5.92 Å². The Morgan fingerprint density at radius 1 is 1.42 bits per heavy atom. The number of nitrogens with one attached hydrogen (secondary N) is 1. The molecule has 4 heteroatoms. The molecule has 1 aromatic carbocycles. The van der Waals surface area contributed by atoms with Gasteiger partial charge in [0.05, 0.1) is 11.3 Å². The fourth-order valence-corrected chi connectivity index (χ4v) is 2.70. The lowest BCUT2D eigenvalue weighted by molar-refractivity contribution is 0.215. The quantitative estimate of drug-likeness (QED) is 0.917. The molecule has 2 rings (SSSR count). The van der Waals surface area contributed by atoms with Gasteiger partial charge in [-0.25, -0.2) is 0 Å². The Morgan fingerprint density at radius 3 is 2.84 bits per heavy atom. The number of anilines is 1. The summed E-state index contributed by atoms with van der Waals surface area (Å²) in [5.41, 5.74) is 1.51. The van der Waals surface area contributed by atoms with E-state index in [0.29, 0.717) is 10.6 Å². The molecule has 1 fully saturated rings. The van der Waals surface area contributed by atoms with Crippen LogP contribution < -0.4 is 5.32 Å². The molecule has 1 aliphatic rings. The Balaban J connectivity index is 1.81. The predicted molar refractivity (Wildman–Crippen MR) is 79.5 cm³/mol. The van der Waals surface area contributed by atoms with E-state index in [1.54, 1.807) is 6.07 Å². The lowest BCUT2D eigenvalue weighted by Crippen LogP contribution is -2.30. The normalized spacial score (nSPS) is 17.1. The molecule has 0 radical (unpaired) electrons. The van der Waals surface area contributed by atoms with Gasteiger partial charge in [0.25, 0.3) is 0 Å². The standard InChI is InChI=1S/C15H20ClN3/c1-19-8-5-12(6-9-19)4-7-18-15-3-2-14(16)10-13(15)11-17/h2-3,10,12,18H,4-9H2,1H3. The largest absolute Gasteiger partial charge is 0.384 e. The van der Waals surface area contributed by atoms with Gasteiger partial charge in [0, 0.05) is 11.6 Å². The van der Waals surface area contributed by atoms with Crippen molar-refractivity contribution in [1.29, 1.82) is 5.26 Å². The van der Waals surface area contributed by atoms with Gasteiger partial charge in [-0.3, -0.25) is 0 Å². The van der Waals surface area contributed by atoms with Crippen molar-refractivity contribution >= 4 is 17.3 Å². The van der Waals surface area contributed by atoms with Crippen LogP contribution in [0.25, 0.3) is 0 Å². The third kappa shape index (κ3) is 4.12. The average Bonchev–Trinajstić information content (AvgIpc) is 2.42. The van der Waals surface area contributed by atoms with Crippen LogP contribution in [-0.4, -0.2) is 31.6 Å². The van der Waals surface area contributed by atoms with Gasteiger partial charge >= 0.3 is 0 Å². The van der Waals surface area contributed by atoms with Crippen LogP contribution in [0.2, 0.25) is 5.02 Å². The van der Waals surface area contributed by atoms with Crippen LogP contribution in [-0.2, 0) is 0 Å². The first kappa shape index (κ1) is 14.2. The number of nitrogens with zero attached hydrogens (tertiary/aromatic N) is 2. The van der Waals surface area contributed by atoms with Crippen molar-refractivity contribution < 1.29 is 0 Å². The van der Waals surface area contributed by atoms with Gasteiger partial charge in [0.2, 0.25) is 0 Å². The molecule has 1 saturated heterocycles. The van der Waals surface area contributed by atoms with Crippen molar-refractivity contribution in [2.75, 3.05) is 32.0 Å². The SMILES string of the molecule is CN1CCC(CCNc2ccc(Cl)cc2C#N)CC1. The zero-order valence-corrected chi connectivity index (χ0v) is 12.1. The highest BCUT2D eigenvalue weighted by Gasteiger charge is 2.16. The van der Waals surface area contributed by atoms with E-state index in [1.807, 2.05) is 12.1 Å². The summed E-state index contributed by atoms with van der Waals surface area (Å²) in [4.78, 5) is 2.39. The number of hydrogen-bond acceptors (Lipinski definition) is 3. The van der Waals surface area contributed by atoms with Gasteiger partial charge < -0.3 is 10.2 Å². The third-order valence-corrected chi connectivity index (χ3v) is 4.04. The maximum Gasteiger partial charge on any atom is 0.101 e. The van der Waals surface area contributed by atoms with E-state index >= 15 is 0 Å². The van der Waals surface area contributed by atoms with E-state index in [0.717, 1.165) is 18.2 Å². The van der Waals surface area contributed by atoms with Crippen molar-refractivity contribution in [2.45, 2.75) is 19.3 Å². The second-order valence-electron chi connectivity index (χ2n) is 5.26. The van der Waals surface area contributed by atoms with Crippen molar-refractivity contribution in [3.63, 3.8) is 0 Å². The van der Waals surface area contributed by atoms with Crippen LogP contribution in [0, 0.1) is 17.2 Å². The molecule has 3 nitrogen and oxygen atoms in total. The molecule has 0 unspecified atom stereocenters. The molecule has 102 valence electrons. The van der Waals surface area contributed by atoms with Gasteiger partial charge in [-0.2, -0.15) is 5.26 Å². The Morgan fingerprint density at radius 2 is 2.16 bits per heavy atom. The number of likely N-dealkylation sites (tertiary alicyclic amines) is 1. The number of halogens is 1. The summed E-state index contributed by atoms with van der Waals surface area (Å²) >= 11 is 5.88. The first-order chi connectivity index (χ1) is 9.19. The predicted octanol–water partition coefficient (Wildman–Crippen LogP) is 3.36. The van der Waals surface area contributed by atoms with E-state index in [1.165, 1.54) is 32.4 Å². The maximum absolute atomic E-state index is 9.07. The van der Waals surface area contributed by atoms with E-state index in [2.05, 4.69) is 23.3 Å². The molecule has 1 heterocycles. The summed E-state index contributed by atoms with van der Waals surface area (Å²) < 4.78 is 0. The Kier molecular flexibility index (Phi) is 5.07. The third-order valence-electron chi connectivity index (χ3n) is 3.81. The summed E-state index contributed by atoms with van der Waals surface area (Å²) in [6.45, 7) is 3.33. The van der Waals surface area contributed by atoms with Crippen LogP contribution in [0.15, 0.2) is 18.2 Å². The summed E-state index contributed by atoms with van der Waals surface area (Å²) in [7, 11) is 2.18. The fourth-order valence-electron chi connectivity index (χ4n) is 2.52. The van der Waals surface area contributed by atoms with E-state index in [-0.39, 0.29) is 0 Å². The first-order valence-electron chi connectivity index (χ1n) is 6.81. The highest BCUT2D eigenvalue weighted by atomic mass is 35.5. The Bertz CT molecular complexity index is 459. The van der Waals surface area contributed by atoms with Gasteiger partial charge in [0.1, 0.15) is 6.07 Å². The summed E-state index contributed by atoms with van der Waals surface area (Å²) in [5.74, 6) is 0.807.